The number of likely N-dealkylation sites (tertiary alicyclic amines) is 1. The number of alkyl halides is 2. The number of halogens is 2. The predicted octanol–water partition coefficient (Wildman–Crippen LogP) is 3.28. The molecule has 0 saturated carbocycles. The highest BCUT2D eigenvalue weighted by Gasteiger charge is 2.22. The second-order valence-electron chi connectivity index (χ2n) is 6.94. The molecule has 0 spiro atoms. The second-order valence-corrected chi connectivity index (χ2v) is 6.94. The molecule has 1 aliphatic heterocycles. The lowest BCUT2D eigenvalue weighted by Gasteiger charge is -2.34. The number of benzene rings is 1. The van der Waals surface area contributed by atoms with Crippen molar-refractivity contribution in [2.45, 2.75) is 45.4 Å². The fourth-order valence-electron chi connectivity index (χ4n) is 3.29. The van der Waals surface area contributed by atoms with Gasteiger partial charge in [-0.15, -0.1) is 0 Å². The van der Waals surface area contributed by atoms with Gasteiger partial charge in [-0.2, -0.15) is 8.78 Å². The third kappa shape index (κ3) is 7.95. The molecule has 1 saturated heterocycles. The third-order valence-electron chi connectivity index (χ3n) is 4.78. The van der Waals surface area contributed by atoms with Crippen LogP contribution in [-0.2, 0) is 16.0 Å². The maximum atomic E-state index is 12.6. The molecule has 0 unspecified atom stereocenters. The maximum absolute atomic E-state index is 12.6. The number of rotatable bonds is 11. The summed E-state index contributed by atoms with van der Waals surface area (Å²) in [5.41, 5.74) is 0.762. The highest BCUT2D eigenvalue weighted by Crippen LogP contribution is 2.29. The smallest absolute Gasteiger partial charge is 0.387 e. The van der Waals surface area contributed by atoms with E-state index in [1.807, 2.05) is 6.92 Å². The highest BCUT2D eigenvalue weighted by molar-refractivity contribution is 5.80. The van der Waals surface area contributed by atoms with Crippen LogP contribution in [0.2, 0.25) is 0 Å². The summed E-state index contributed by atoms with van der Waals surface area (Å²) in [4.78, 5) is 6.89. The number of ether oxygens (including phenoxy) is 4. The van der Waals surface area contributed by atoms with Crippen molar-refractivity contribution >= 4 is 5.96 Å². The second kappa shape index (κ2) is 13.2. The fraction of sp³-hybridized carbons (Fsp3) is 0.667. The number of aliphatic imine (C=N–C) groups is 1. The molecule has 0 aliphatic carbocycles. The fourth-order valence-corrected chi connectivity index (χ4v) is 3.29. The van der Waals surface area contributed by atoms with Crippen LogP contribution < -0.4 is 14.8 Å². The number of nitrogens with one attached hydrogen (secondary N) is 1. The molecule has 1 fully saturated rings. The molecule has 0 atom stereocenters. The van der Waals surface area contributed by atoms with Crippen molar-refractivity contribution in [2.24, 2.45) is 4.99 Å². The Kier molecular flexibility index (Phi) is 10.6. The zero-order valence-corrected chi connectivity index (χ0v) is 18.0. The molecule has 1 heterocycles. The van der Waals surface area contributed by atoms with Crippen molar-refractivity contribution in [3.05, 3.63) is 23.8 Å². The number of hydrogen-bond acceptors (Lipinski definition) is 5. The van der Waals surface area contributed by atoms with Gasteiger partial charge in [0.05, 0.1) is 19.8 Å². The molecule has 0 bridgehead atoms. The van der Waals surface area contributed by atoms with Gasteiger partial charge in [0.25, 0.3) is 0 Å². The van der Waals surface area contributed by atoms with Gasteiger partial charge in [-0.05, 0) is 43.9 Å². The van der Waals surface area contributed by atoms with Gasteiger partial charge in [0, 0.05) is 40.0 Å². The number of methoxy groups -OCH3 is 2. The summed E-state index contributed by atoms with van der Waals surface area (Å²) < 4.78 is 45.9. The lowest BCUT2D eigenvalue weighted by molar-refractivity contribution is -0.0512. The molecule has 7 nitrogen and oxygen atoms in total. The van der Waals surface area contributed by atoms with Gasteiger partial charge in [0.1, 0.15) is 0 Å². The van der Waals surface area contributed by atoms with Crippen molar-refractivity contribution in [2.75, 3.05) is 47.1 Å². The molecular formula is C21H33F2N3O4. The summed E-state index contributed by atoms with van der Waals surface area (Å²) in [7, 11) is 3.11. The van der Waals surface area contributed by atoms with E-state index in [2.05, 4.69) is 19.9 Å². The van der Waals surface area contributed by atoms with Gasteiger partial charge >= 0.3 is 6.61 Å². The highest BCUT2D eigenvalue weighted by atomic mass is 19.3. The number of guanidine groups is 1. The van der Waals surface area contributed by atoms with Gasteiger partial charge in [-0.25, -0.2) is 4.99 Å². The summed E-state index contributed by atoms with van der Waals surface area (Å²) in [6.45, 7) is 3.33. The zero-order chi connectivity index (χ0) is 21.8. The third-order valence-corrected chi connectivity index (χ3v) is 4.78. The summed E-state index contributed by atoms with van der Waals surface area (Å²) in [6.07, 6.45) is 3.04. The Hall–Kier alpha value is -2.13. The molecule has 1 aromatic carbocycles. The Morgan fingerprint density at radius 3 is 2.60 bits per heavy atom. The molecule has 0 aromatic heterocycles. The van der Waals surface area contributed by atoms with E-state index < -0.39 is 6.61 Å². The van der Waals surface area contributed by atoms with E-state index in [-0.39, 0.29) is 17.6 Å². The summed E-state index contributed by atoms with van der Waals surface area (Å²) in [5.74, 6) is 1.08. The number of hydrogen-bond donors (Lipinski definition) is 1. The average molecular weight is 430 g/mol. The van der Waals surface area contributed by atoms with E-state index in [0.717, 1.165) is 50.4 Å². The molecule has 0 radical (unpaired) electrons. The van der Waals surface area contributed by atoms with Crippen molar-refractivity contribution in [1.82, 2.24) is 10.2 Å². The van der Waals surface area contributed by atoms with E-state index in [1.165, 1.54) is 13.2 Å². The van der Waals surface area contributed by atoms with Crippen LogP contribution in [0.25, 0.3) is 0 Å². The van der Waals surface area contributed by atoms with Crippen molar-refractivity contribution in [3.63, 3.8) is 0 Å². The monoisotopic (exact) mass is 429 g/mol. The van der Waals surface area contributed by atoms with Crippen molar-refractivity contribution < 1.29 is 27.7 Å². The Bertz CT molecular complexity index is 653. The van der Waals surface area contributed by atoms with Gasteiger partial charge in [-0.3, -0.25) is 0 Å². The standard InChI is InChI=1S/C21H33F2N3O4/c1-4-24-21(26-10-8-17(9-11-26)29-13-5-12-27-2)25-15-16-6-7-18(28-3)19(14-16)30-20(22)23/h6-7,14,17,20H,4-5,8-13,15H2,1-3H3,(H,24,25). The van der Waals surface area contributed by atoms with Crippen LogP contribution in [0.3, 0.4) is 0 Å². The topological polar surface area (TPSA) is 64.6 Å². The first-order valence-electron chi connectivity index (χ1n) is 10.3. The van der Waals surface area contributed by atoms with Crippen molar-refractivity contribution in [1.29, 1.82) is 0 Å². The summed E-state index contributed by atoms with van der Waals surface area (Å²) in [6, 6.07) is 4.95. The summed E-state index contributed by atoms with van der Waals surface area (Å²) in [5, 5.41) is 3.31. The molecule has 1 aliphatic rings. The maximum Gasteiger partial charge on any atom is 0.387 e. The van der Waals surface area contributed by atoms with Crippen molar-refractivity contribution in [3.8, 4) is 11.5 Å². The van der Waals surface area contributed by atoms with E-state index in [4.69, 9.17) is 14.2 Å². The molecule has 1 N–H and O–H groups in total. The molecule has 1 aromatic rings. The molecule has 0 amide bonds. The van der Waals surface area contributed by atoms with E-state index in [1.54, 1.807) is 19.2 Å². The lowest BCUT2D eigenvalue weighted by atomic mass is 10.1. The van der Waals surface area contributed by atoms with Gasteiger partial charge in [-0.1, -0.05) is 6.07 Å². The largest absolute Gasteiger partial charge is 0.493 e. The molecule has 2 rings (SSSR count). The minimum absolute atomic E-state index is 0.0108. The Balaban J connectivity index is 1.95. The van der Waals surface area contributed by atoms with Crippen LogP contribution in [0, 0.1) is 0 Å². The van der Waals surface area contributed by atoms with E-state index >= 15 is 0 Å². The van der Waals surface area contributed by atoms with Crippen LogP contribution in [-0.4, -0.2) is 70.6 Å². The van der Waals surface area contributed by atoms with Crippen LogP contribution >= 0.6 is 0 Å². The number of piperidine rings is 1. The zero-order valence-electron chi connectivity index (χ0n) is 18.0. The molecule has 9 heteroatoms. The normalized spacial score (nSPS) is 15.5. The average Bonchev–Trinajstić information content (AvgIpc) is 2.74. The minimum Gasteiger partial charge on any atom is -0.493 e. The lowest BCUT2D eigenvalue weighted by Crippen LogP contribution is -2.47. The van der Waals surface area contributed by atoms with E-state index in [0.29, 0.717) is 19.8 Å². The first kappa shape index (κ1) is 24.1. The van der Waals surface area contributed by atoms with E-state index in [9.17, 15) is 8.78 Å². The first-order valence-corrected chi connectivity index (χ1v) is 10.3. The SMILES string of the molecule is CCNC(=NCc1ccc(OC)c(OC(F)F)c1)N1CCC(OCCCOC)CC1. The minimum atomic E-state index is -2.91. The summed E-state index contributed by atoms with van der Waals surface area (Å²) >= 11 is 0. The number of nitrogens with zero attached hydrogens (tertiary/aromatic N) is 2. The Labute approximate surface area is 177 Å². The van der Waals surface area contributed by atoms with Crippen LogP contribution in [0.5, 0.6) is 11.5 Å². The predicted molar refractivity (Wildman–Crippen MR) is 111 cm³/mol. The molecular weight excluding hydrogens is 396 g/mol. The quantitative estimate of drug-likeness (QED) is 0.331. The van der Waals surface area contributed by atoms with Gasteiger partial charge < -0.3 is 29.2 Å². The first-order chi connectivity index (χ1) is 14.6. The van der Waals surface area contributed by atoms with Crippen LogP contribution in [0.1, 0.15) is 31.7 Å². The molecule has 170 valence electrons. The van der Waals surface area contributed by atoms with Gasteiger partial charge in [0.15, 0.2) is 17.5 Å². The molecule has 30 heavy (non-hydrogen) atoms. The Morgan fingerprint density at radius 1 is 1.20 bits per heavy atom. The van der Waals surface area contributed by atoms with Crippen LogP contribution in [0.4, 0.5) is 8.78 Å². The van der Waals surface area contributed by atoms with Crippen LogP contribution in [0.15, 0.2) is 23.2 Å². The van der Waals surface area contributed by atoms with Gasteiger partial charge in [0.2, 0.25) is 0 Å². The Morgan fingerprint density at radius 2 is 1.97 bits per heavy atom.